The van der Waals surface area contributed by atoms with Gasteiger partial charge in [-0.15, -0.1) is 0 Å². The van der Waals surface area contributed by atoms with Crippen LogP contribution in [0.25, 0.3) is 0 Å². The predicted molar refractivity (Wildman–Crippen MR) is 68.3 cm³/mol. The minimum Gasteiger partial charge on any atom is -0.322 e. The van der Waals surface area contributed by atoms with E-state index in [0.29, 0.717) is 10.7 Å². The van der Waals surface area contributed by atoms with Crippen LogP contribution in [0.2, 0.25) is 5.02 Å². The molecule has 0 aliphatic heterocycles. The monoisotopic (exact) mass is 264 g/mol. The maximum absolute atomic E-state index is 13.3. The number of nitrogens with zero attached hydrogens (tertiary/aromatic N) is 1. The Labute approximate surface area is 109 Å². The van der Waals surface area contributed by atoms with Crippen molar-refractivity contribution in [2.75, 3.05) is 5.32 Å². The third-order valence-corrected chi connectivity index (χ3v) is 2.93. The Balaban J connectivity index is 2.27. The molecule has 2 aromatic rings. The Bertz CT molecular complexity index is 601. The van der Waals surface area contributed by atoms with E-state index < -0.39 is 11.9 Å². The largest absolute Gasteiger partial charge is 0.322 e. The van der Waals surface area contributed by atoms with Gasteiger partial charge in [0, 0.05) is 16.9 Å². The van der Waals surface area contributed by atoms with Crippen LogP contribution >= 0.6 is 11.6 Å². The maximum Gasteiger partial charge on any atom is 0.260 e. The summed E-state index contributed by atoms with van der Waals surface area (Å²) >= 11 is 5.94. The summed E-state index contributed by atoms with van der Waals surface area (Å²) in [5.41, 5.74) is 1.18. The average molecular weight is 265 g/mol. The van der Waals surface area contributed by atoms with Crippen molar-refractivity contribution in [3.05, 3.63) is 58.6 Å². The first-order valence-electron chi connectivity index (χ1n) is 5.26. The highest BCUT2D eigenvalue weighted by Gasteiger charge is 2.13. The molecule has 0 saturated heterocycles. The van der Waals surface area contributed by atoms with Crippen molar-refractivity contribution in [3.63, 3.8) is 0 Å². The molecule has 1 N–H and O–H groups in total. The normalized spacial score (nSPS) is 10.2. The van der Waals surface area contributed by atoms with E-state index >= 15 is 0 Å². The molecule has 0 unspecified atom stereocenters. The summed E-state index contributed by atoms with van der Waals surface area (Å²) < 4.78 is 13.3. The minimum absolute atomic E-state index is 0.100. The molecule has 0 atom stereocenters. The van der Waals surface area contributed by atoms with E-state index in [2.05, 4.69) is 10.3 Å². The Kier molecular flexibility index (Phi) is 3.58. The minimum atomic E-state index is -0.797. The van der Waals surface area contributed by atoms with Crippen molar-refractivity contribution in [2.24, 2.45) is 0 Å². The second-order valence-corrected chi connectivity index (χ2v) is 4.12. The molecule has 5 heteroatoms. The van der Waals surface area contributed by atoms with Gasteiger partial charge in [0.1, 0.15) is 0 Å². The molecule has 3 nitrogen and oxygen atoms in total. The second kappa shape index (κ2) is 5.14. The summed E-state index contributed by atoms with van der Waals surface area (Å²) in [6.45, 7) is 1.78. The number of amides is 1. The third-order valence-electron chi connectivity index (χ3n) is 2.52. The first kappa shape index (κ1) is 12.5. The molecule has 0 bridgehead atoms. The molecule has 0 saturated carbocycles. The maximum atomic E-state index is 13.3. The lowest BCUT2D eigenvalue weighted by Crippen LogP contribution is -2.15. The number of carbonyl (C=O) groups excluding carboxylic acids is 1. The number of hydrogen-bond acceptors (Lipinski definition) is 2. The molecule has 0 spiro atoms. The number of nitrogens with one attached hydrogen (secondary N) is 1. The van der Waals surface area contributed by atoms with Crippen molar-refractivity contribution >= 4 is 23.2 Å². The van der Waals surface area contributed by atoms with Crippen molar-refractivity contribution in [1.82, 2.24) is 4.98 Å². The van der Waals surface area contributed by atoms with Gasteiger partial charge in [0.25, 0.3) is 5.91 Å². The first-order chi connectivity index (χ1) is 8.59. The van der Waals surface area contributed by atoms with Crippen LogP contribution in [-0.2, 0) is 0 Å². The number of hydrogen-bond donors (Lipinski definition) is 1. The molecular weight excluding hydrogens is 255 g/mol. The van der Waals surface area contributed by atoms with Crippen LogP contribution in [-0.4, -0.2) is 10.9 Å². The van der Waals surface area contributed by atoms with Crippen LogP contribution in [0, 0.1) is 12.9 Å². The topological polar surface area (TPSA) is 42.0 Å². The number of anilines is 1. The Morgan fingerprint density at radius 1 is 1.33 bits per heavy atom. The zero-order valence-electron chi connectivity index (χ0n) is 9.58. The van der Waals surface area contributed by atoms with Crippen molar-refractivity contribution in [1.29, 1.82) is 0 Å². The lowest BCUT2D eigenvalue weighted by atomic mass is 10.2. The molecule has 0 aliphatic rings. The lowest BCUT2D eigenvalue weighted by molar-refractivity contribution is 0.102. The second-order valence-electron chi connectivity index (χ2n) is 3.71. The number of rotatable bonds is 2. The van der Waals surface area contributed by atoms with Gasteiger partial charge in [-0.1, -0.05) is 17.7 Å². The van der Waals surface area contributed by atoms with Crippen LogP contribution in [0.3, 0.4) is 0 Å². The summed E-state index contributed by atoms with van der Waals surface area (Å²) in [6.07, 6.45) is 1.29. The van der Waals surface area contributed by atoms with E-state index in [0.717, 1.165) is 5.56 Å². The Hall–Kier alpha value is -1.94. The van der Waals surface area contributed by atoms with Crippen molar-refractivity contribution in [2.45, 2.75) is 6.92 Å². The Morgan fingerprint density at radius 3 is 2.83 bits per heavy atom. The molecule has 1 aromatic carbocycles. The van der Waals surface area contributed by atoms with Gasteiger partial charge in [0.2, 0.25) is 5.95 Å². The fraction of sp³-hybridized carbons (Fsp3) is 0.0769. The Morgan fingerprint density at radius 2 is 2.11 bits per heavy atom. The summed E-state index contributed by atoms with van der Waals surface area (Å²) in [6, 6.07) is 8.01. The quantitative estimate of drug-likeness (QED) is 0.845. The van der Waals surface area contributed by atoms with Gasteiger partial charge in [0.15, 0.2) is 0 Å². The third kappa shape index (κ3) is 2.49. The number of benzene rings is 1. The zero-order chi connectivity index (χ0) is 13.1. The summed E-state index contributed by atoms with van der Waals surface area (Å²) in [7, 11) is 0. The molecule has 18 heavy (non-hydrogen) atoms. The molecule has 1 aromatic heterocycles. The molecule has 1 heterocycles. The summed E-state index contributed by atoms with van der Waals surface area (Å²) in [5.74, 6) is -1.35. The highest BCUT2D eigenvalue weighted by atomic mass is 35.5. The van der Waals surface area contributed by atoms with E-state index in [4.69, 9.17) is 11.6 Å². The van der Waals surface area contributed by atoms with E-state index in [1.807, 2.05) is 0 Å². The van der Waals surface area contributed by atoms with Crippen LogP contribution in [0.5, 0.6) is 0 Å². The van der Waals surface area contributed by atoms with Gasteiger partial charge < -0.3 is 5.32 Å². The fourth-order valence-electron chi connectivity index (χ4n) is 1.49. The molecule has 0 fully saturated rings. The van der Waals surface area contributed by atoms with Gasteiger partial charge in [-0.05, 0) is 36.8 Å². The molecule has 92 valence electrons. The first-order valence-corrected chi connectivity index (χ1v) is 5.64. The predicted octanol–water partition coefficient (Wildman–Crippen LogP) is 3.43. The molecule has 0 radical (unpaired) electrons. The van der Waals surface area contributed by atoms with Crippen molar-refractivity contribution < 1.29 is 9.18 Å². The highest BCUT2D eigenvalue weighted by Crippen LogP contribution is 2.23. The van der Waals surface area contributed by atoms with E-state index in [-0.39, 0.29) is 5.56 Å². The zero-order valence-corrected chi connectivity index (χ0v) is 10.3. The number of carbonyl (C=O) groups is 1. The standard InChI is InChI=1S/C13H10ClFN2O/c1-8-10(14)5-2-6-11(8)17-13(18)9-4-3-7-16-12(9)15/h2-7H,1H3,(H,17,18). The van der Waals surface area contributed by atoms with Crippen molar-refractivity contribution in [3.8, 4) is 0 Å². The SMILES string of the molecule is Cc1c(Cl)cccc1NC(=O)c1cccnc1F. The van der Waals surface area contributed by atoms with Crippen LogP contribution in [0.1, 0.15) is 15.9 Å². The molecular formula is C13H10ClFN2O. The van der Waals surface area contributed by atoms with E-state index in [1.54, 1.807) is 25.1 Å². The molecule has 1 amide bonds. The molecule has 0 aliphatic carbocycles. The van der Waals surface area contributed by atoms with Crippen LogP contribution in [0.4, 0.5) is 10.1 Å². The summed E-state index contributed by atoms with van der Waals surface area (Å²) in [5, 5.41) is 3.15. The van der Waals surface area contributed by atoms with Crippen LogP contribution in [0.15, 0.2) is 36.5 Å². The average Bonchev–Trinajstić information content (AvgIpc) is 2.35. The smallest absolute Gasteiger partial charge is 0.260 e. The van der Waals surface area contributed by atoms with E-state index in [9.17, 15) is 9.18 Å². The van der Waals surface area contributed by atoms with Gasteiger partial charge >= 0.3 is 0 Å². The van der Waals surface area contributed by atoms with E-state index in [1.165, 1.54) is 18.3 Å². The van der Waals surface area contributed by atoms with Gasteiger partial charge in [-0.3, -0.25) is 4.79 Å². The van der Waals surface area contributed by atoms with Gasteiger partial charge in [-0.2, -0.15) is 4.39 Å². The van der Waals surface area contributed by atoms with Gasteiger partial charge in [-0.25, -0.2) is 4.98 Å². The fourth-order valence-corrected chi connectivity index (χ4v) is 1.66. The number of halogens is 2. The van der Waals surface area contributed by atoms with Crippen LogP contribution < -0.4 is 5.32 Å². The van der Waals surface area contributed by atoms with Gasteiger partial charge in [0.05, 0.1) is 5.56 Å². The molecule has 2 rings (SSSR count). The number of pyridine rings is 1. The highest BCUT2D eigenvalue weighted by molar-refractivity contribution is 6.31. The lowest BCUT2D eigenvalue weighted by Gasteiger charge is -2.09. The number of aromatic nitrogens is 1. The summed E-state index contributed by atoms with van der Waals surface area (Å²) in [4.78, 5) is 15.3.